The maximum absolute atomic E-state index is 11.1. The molecule has 0 radical (unpaired) electrons. The molecule has 7 heteroatoms. The molecule has 0 bridgehead atoms. The number of rotatable bonds is 5. The van der Waals surface area contributed by atoms with Crippen LogP contribution in [0.15, 0.2) is 48.9 Å². The Bertz CT molecular complexity index is 887. The molecule has 0 aliphatic rings. The van der Waals surface area contributed by atoms with Crippen LogP contribution in [-0.2, 0) is 11.3 Å². The second kappa shape index (κ2) is 6.74. The van der Waals surface area contributed by atoms with E-state index >= 15 is 0 Å². The molecule has 3 aromatic rings. The van der Waals surface area contributed by atoms with Gasteiger partial charge in [-0.1, -0.05) is 30.3 Å². The Morgan fingerprint density at radius 3 is 2.67 bits per heavy atom. The van der Waals surface area contributed by atoms with Crippen molar-refractivity contribution < 1.29 is 9.90 Å². The van der Waals surface area contributed by atoms with E-state index in [2.05, 4.69) is 15.0 Å². The summed E-state index contributed by atoms with van der Waals surface area (Å²) in [7, 11) is 0. The molecule has 2 aromatic heterocycles. The zero-order valence-corrected chi connectivity index (χ0v) is 12.7. The van der Waals surface area contributed by atoms with Crippen molar-refractivity contribution in [1.82, 2.24) is 19.5 Å². The second-order valence-electron chi connectivity index (χ2n) is 5.04. The van der Waals surface area contributed by atoms with Gasteiger partial charge in [-0.25, -0.2) is 15.0 Å². The van der Waals surface area contributed by atoms with Crippen LogP contribution >= 0.6 is 0 Å². The Hall–Kier alpha value is -3.48. The van der Waals surface area contributed by atoms with E-state index in [1.807, 2.05) is 30.3 Å². The first-order valence-corrected chi connectivity index (χ1v) is 7.22. The zero-order chi connectivity index (χ0) is 16.9. The van der Waals surface area contributed by atoms with E-state index in [1.165, 1.54) is 6.33 Å². The quantitative estimate of drug-likeness (QED) is 0.746. The smallest absolute Gasteiger partial charge is 0.323 e. The number of anilines is 1. The number of hydrogen-bond acceptors (Lipinski definition) is 5. The summed E-state index contributed by atoms with van der Waals surface area (Å²) in [5.74, 6) is -0.757. The molecule has 24 heavy (non-hydrogen) atoms. The highest BCUT2D eigenvalue weighted by Crippen LogP contribution is 2.24. The van der Waals surface area contributed by atoms with Crippen molar-refractivity contribution in [2.45, 2.75) is 6.54 Å². The fraction of sp³-hybridized carbons (Fsp3) is 0.0588. The number of nitrogens with zero attached hydrogens (tertiary/aromatic N) is 4. The molecule has 2 heterocycles. The molecular formula is C17H15N5O2. The number of aliphatic carboxylic acids is 1. The van der Waals surface area contributed by atoms with Gasteiger partial charge in [0.05, 0.1) is 23.4 Å². The predicted molar refractivity (Wildman–Crippen MR) is 90.7 cm³/mol. The van der Waals surface area contributed by atoms with Crippen molar-refractivity contribution in [3.05, 3.63) is 60.3 Å². The first kappa shape index (κ1) is 15.4. The summed E-state index contributed by atoms with van der Waals surface area (Å²) in [4.78, 5) is 23.4. The van der Waals surface area contributed by atoms with Crippen molar-refractivity contribution in [1.29, 1.82) is 0 Å². The lowest BCUT2D eigenvalue weighted by atomic mass is 10.1. The maximum Gasteiger partial charge on any atom is 0.323 e. The molecule has 0 spiro atoms. The molecule has 0 atom stereocenters. The average molecular weight is 321 g/mol. The zero-order valence-electron chi connectivity index (χ0n) is 12.7. The van der Waals surface area contributed by atoms with Crippen LogP contribution in [0.2, 0.25) is 0 Å². The summed E-state index contributed by atoms with van der Waals surface area (Å²) >= 11 is 0. The molecule has 0 aliphatic carbocycles. The minimum atomic E-state index is -0.937. The van der Waals surface area contributed by atoms with Gasteiger partial charge in [0.1, 0.15) is 6.54 Å². The molecule has 0 aliphatic heterocycles. The lowest BCUT2D eigenvalue weighted by Gasteiger charge is -2.04. The number of nitrogen functional groups attached to an aromatic ring is 1. The van der Waals surface area contributed by atoms with Crippen LogP contribution in [0.5, 0.6) is 0 Å². The number of hydrogen-bond donors (Lipinski definition) is 2. The first-order valence-electron chi connectivity index (χ1n) is 7.22. The Labute approximate surface area is 138 Å². The van der Waals surface area contributed by atoms with E-state index < -0.39 is 5.97 Å². The molecular weight excluding hydrogens is 306 g/mol. The average Bonchev–Trinajstić information content (AvgIpc) is 2.96. The summed E-state index contributed by atoms with van der Waals surface area (Å²) in [5, 5.41) is 9.08. The van der Waals surface area contributed by atoms with Gasteiger partial charge in [-0.2, -0.15) is 0 Å². The van der Waals surface area contributed by atoms with Crippen LogP contribution in [0.3, 0.4) is 0 Å². The van der Waals surface area contributed by atoms with Crippen LogP contribution in [-0.4, -0.2) is 30.6 Å². The fourth-order valence-corrected chi connectivity index (χ4v) is 2.30. The molecule has 0 fully saturated rings. The molecule has 0 saturated heterocycles. The fourth-order valence-electron chi connectivity index (χ4n) is 2.30. The van der Waals surface area contributed by atoms with Gasteiger partial charge < -0.3 is 15.4 Å². The Kier molecular flexibility index (Phi) is 4.33. The number of benzene rings is 1. The molecule has 0 unspecified atom stereocenters. The Morgan fingerprint density at radius 1 is 1.17 bits per heavy atom. The van der Waals surface area contributed by atoms with Crippen LogP contribution in [0, 0.1) is 0 Å². The summed E-state index contributed by atoms with van der Waals surface area (Å²) in [5.41, 5.74) is 8.49. The van der Waals surface area contributed by atoms with E-state index in [0.717, 1.165) is 5.56 Å². The highest BCUT2D eigenvalue weighted by molar-refractivity contribution is 5.78. The summed E-state index contributed by atoms with van der Waals surface area (Å²) < 4.78 is 1.58. The van der Waals surface area contributed by atoms with Gasteiger partial charge in [-0.15, -0.1) is 0 Å². The van der Waals surface area contributed by atoms with Crippen LogP contribution in [0.4, 0.5) is 5.95 Å². The minimum absolute atomic E-state index is 0.175. The van der Waals surface area contributed by atoms with E-state index in [1.54, 1.807) is 29.0 Å². The largest absolute Gasteiger partial charge is 0.480 e. The molecule has 1 aromatic carbocycles. The van der Waals surface area contributed by atoms with E-state index in [-0.39, 0.29) is 12.5 Å². The van der Waals surface area contributed by atoms with Gasteiger partial charge in [0.15, 0.2) is 0 Å². The molecule has 3 N–H and O–H groups in total. The standard InChI is InChI=1S/C17H15N5O2/c18-17-19-9-8-13(21-17)6-7-14-16(12-4-2-1-3-5-12)20-11-22(14)10-15(23)24/h1-9,11H,10H2,(H,23,24)(H2,18,19,21)/b7-6+. The maximum atomic E-state index is 11.1. The highest BCUT2D eigenvalue weighted by atomic mass is 16.4. The summed E-state index contributed by atoms with van der Waals surface area (Å²) in [6.45, 7) is -0.175. The molecule has 7 nitrogen and oxygen atoms in total. The number of carboxylic acids is 1. The molecule has 3 rings (SSSR count). The Morgan fingerprint density at radius 2 is 1.96 bits per heavy atom. The minimum Gasteiger partial charge on any atom is -0.480 e. The highest BCUT2D eigenvalue weighted by Gasteiger charge is 2.12. The van der Waals surface area contributed by atoms with E-state index in [4.69, 9.17) is 10.8 Å². The van der Waals surface area contributed by atoms with Crippen molar-refractivity contribution in [3.8, 4) is 11.3 Å². The first-order chi connectivity index (χ1) is 11.6. The third-order valence-corrected chi connectivity index (χ3v) is 3.34. The number of nitrogens with two attached hydrogens (primary N) is 1. The van der Waals surface area contributed by atoms with Crippen LogP contribution in [0.1, 0.15) is 11.4 Å². The van der Waals surface area contributed by atoms with Gasteiger partial charge in [0, 0.05) is 11.8 Å². The topological polar surface area (TPSA) is 107 Å². The SMILES string of the molecule is Nc1nccc(/C=C/c2c(-c3ccccc3)ncn2CC(=O)O)n1. The number of carboxylic acid groups (broad SMARTS) is 1. The van der Waals surface area contributed by atoms with Crippen molar-refractivity contribution in [2.24, 2.45) is 0 Å². The number of aromatic nitrogens is 4. The lowest BCUT2D eigenvalue weighted by molar-refractivity contribution is -0.137. The van der Waals surface area contributed by atoms with Gasteiger partial charge in [-0.05, 0) is 18.2 Å². The summed E-state index contributed by atoms with van der Waals surface area (Å²) in [6.07, 6.45) is 6.61. The van der Waals surface area contributed by atoms with Gasteiger partial charge in [-0.3, -0.25) is 4.79 Å². The van der Waals surface area contributed by atoms with Crippen LogP contribution in [0.25, 0.3) is 23.4 Å². The van der Waals surface area contributed by atoms with Crippen molar-refractivity contribution in [3.63, 3.8) is 0 Å². The molecule has 0 amide bonds. The van der Waals surface area contributed by atoms with Gasteiger partial charge in [0.2, 0.25) is 5.95 Å². The number of carbonyl (C=O) groups is 1. The predicted octanol–water partition coefficient (Wildman–Crippen LogP) is 2.18. The van der Waals surface area contributed by atoms with Crippen molar-refractivity contribution >= 4 is 24.1 Å². The van der Waals surface area contributed by atoms with Crippen LogP contribution < -0.4 is 5.73 Å². The normalized spacial score (nSPS) is 11.0. The Balaban J connectivity index is 2.03. The van der Waals surface area contributed by atoms with Crippen molar-refractivity contribution in [2.75, 3.05) is 5.73 Å². The summed E-state index contributed by atoms with van der Waals surface area (Å²) in [6, 6.07) is 11.3. The van der Waals surface area contributed by atoms with Gasteiger partial charge in [0.25, 0.3) is 0 Å². The third-order valence-electron chi connectivity index (χ3n) is 3.34. The second-order valence-corrected chi connectivity index (χ2v) is 5.04. The molecule has 0 saturated carbocycles. The van der Waals surface area contributed by atoms with E-state index in [9.17, 15) is 4.79 Å². The third kappa shape index (κ3) is 3.46. The monoisotopic (exact) mass is 321 g/mol. The van der Waals surface area contributed by atoms with E-state index in [0.29, 0.717) is 17.1 Å². The number of imidazole rings is 1. The van der Waals surface area contributed by atoms with Gasteiger partial charge >= 0.3 is 5.97 Å². The lowest BCUT2D eigenvalue weighted by Crippen LogP contribution is -2.09. The molecule has 120 valence electrons.